The lowest BCUT2D eigenvalue weighted by molar-refractivity contribution is -0.0958. The smallest absolute Gasteiger partial charge is 0.410 e. The van der Waals surface area contributed by atoms with Crippen molar-refractivity contribution in [1.29, 1.82) is 0 Å². The lowest BCUT2D eigenvalue weighted by atomic mass is 10.1. The van der Waals surface area contributed by atoms with Crippen molar-refractivity contribution in [1.82, 2.24) is 9.96 Å². The highest BCUT2D eigenvalue weighted by atomic mass is 16.7. The molecule has 1 saturated heterocycles. The fraction of sp³-hybridized carbons (Fsp3) is 0.619. The summed E-state index contributed by atoms with van der Waals surface area (Å²) in [7, 11) is 3.10. The number of ether oxygens (including phenoxy) is 3. The Morgan fingerprint density at radius 3 is 2.37 bits per heavy atom. The quantitative estimate of drug-likeness (QED) is 0.652. The Morgan fingerprint density at radius 1 is 1.07 bits per heavy atom. The topological polar surface area (TPSA) is 80.8 Å². The summed E-state index contributed by atoms with van der Waals surface area (Å²) in [5.74, 6) is 0.494. The van der Waals surface area contributed by atoms with Gasteiger partial charge < -0.3 is 24.0 Å². The minimum Gasteiger partial charge on any atom is -0.489 e. The van der Waals surface area contributed by atoms with E-state index in [4.69, 9.17) is 19.0 Å². The molecule has 0 unspecified atom stereocenters. The van der Waals surface area contributed by atoms with Crippen molar-refractivity contribution in [2.24, 2.45) is 0 Å². The molecule has 0 spiro atoms. The fourth-order valence-electron chi connectivity index (χ4n) is 3.56. The summed E-state index contributed by atoms with van der Waals surface area (Å²) in [6, 6.07) is 3.72. The van der Waals surface area contributed by atoms with Crippen LogP contribution in [0.4, 0.5) is 10.5 Å². The van der Waals surface area contributed by atoms with Crippen LogP contribution in [0.25, 0.3) is 0 Å². The number of anilines is 1. The van der Waals surface area contributed by atoms with Crippen LogP contribution >= 0.6 is 0 Å². The number of benzene rings is 1. The molecular formula is C21H31N3O6. The molecule has 0 radical (unpaired) electrons. The SMILES string of the molecule is COCCOc1c(N2CCN(C(=O)OC(C)(C)C)CC2)ccc2c1CN(OC)C2=O. The van der Waals surface area contributed by atoms with Gasteiger partial charge in [-0.15, -0.1) is 0 Å². The summed E-state index contributed by atoms with van der Waals surface area (Å²) in [5.41, 5.74) is 1.78. The van der Waals surface area contributed by atoms with E-state index in [2.05, 4.69) is 4.90 Å². The van der Waals surface area contributed by atoms with Crippen LogP contribution in [0, 0.1) is 0 Å². The number of hydrogen-bond acceptors (Lipinski definition) is 7. The molecule has 0 atom stereocenters. The van der Waals surface area contributed by atoms with Gasteiger partial charge in [-0.2, -0.15) is 0 Å². The molecule has 9 heteroatoms. The van der Waals surface area contributed by atoms with Gasteiger partial charge in [-0.1, -0.05) is 0 Å². The van der Waals surface area contributed by atoms with Gasteiger partial charge in [0.2, 0.25) is 0 Å². The predicted molar refractivity (Wildman–Crippen MR) is 111 cm³/mol. The average Bonchev–Trinajstić information content (AvgIpc) is 3.03. The Kier molecular flexibility index (Phi) is 6.72. The van der Waals surface area contributed by atoms with Gasteiger partial charge in [-0.3, -0.25) is 9.63 Å². The number of hydrogen-bond donors (Lipinski definition) is 0. The zero-order valence-electron chi connectivity index (χ0n) is 18.4. The van der Waals surface area contributed by atoms with E-state index in [9.17, 15) is 9.59 Å². The third-order valence-corrected chi connectivity index (χ3v) is 5.02. The van der Waals surface area contributed by atoms with Crippen molar-refractivity contribution in [2.75, 3.05) is 58.5 Å². The normalized spacial score (nSPS) is 16.7. The fourth-order valence-corrected chi connectivity index (χ4v) is 3.56. The number of fused-ring (bicyclic) bond motifs is 1. The Hall–Kier alpha value is -2.52. The summed E-state index contributed by atoms with van der Waals surface area (Å²) < 4.78 is 16.6. The van der Waals surface area contributed by atoms with Gasteiger partial charge in [0.1, 0.15) is 18.0 Å². The molecule has 0 aromatic heterocycles. The minimum absolute atomic E-state index is 0.176. The molecule has 1 aromatic rings. The van der Waals surface area contributed by atoms with Crippen LogP contribution in [0.2, 0.25) is 0 Å². The highest BCUT2D eigenvalue weighted by Crippen LogP contribution is 2.39. The van der Waals surface area contributed by atoms with Crippen molar-refractivity contribution >= 4 is 17.7 Å². The van der Waals surface area contributed by atoms with E-state index in [0.29, 0.717) is 57.3 Å². The maximum Gasteiger partial charge on any atom is 0.410 e. The highest BCUT2D eigenvalue weighted by Gasteiger charge is 2.34. The number of carbonyl (C=O) groups is 2. The second-order valence-corrected chi connectivity index (χ2v) is 8.26. The molecule has 1 aromatic carbocycles. The van der Waals surface area contributed by atoms with Crippen LogP contribution in [-0.2, 0) is 20.9 Å². The first-order valence-corrected chi connectivity index (χ1v) is 10.1. The Balaban J connectivity index is 1.78. The zero-order chi connectivity index (χ0) is 21.9. The van der Waals surface area contributed by atoms with Gasteiger partial charge in [-0.05, 0) is 32.9 Å². The van der Waals surface area contributed by atoms with Gasteiger partial charge in [0.15, 0.2) is 0 Å². The lowest BCUT2D eigenvalue weighted by Crippen LogP contribution is -2.50. The molecule has 1 fully saturated rings. The molecule has 2 aliphatic rings. The Morgan fingerprint density at radius 2 is 1.77 bits per heavy atom. The number of hydroxylamine groups is 2. The summed E-state index contributed by atoms with van der Waals surface area (Å²) in [4.78, 5) is 33.9. The van der Waals surface area contributed by atoms with Crippen LogP contribution < -0.4 is 9.64 Å². The van der Waals surface area contributed by atoms with Crippen LogP contribution in [0.1, 0.15) is 36.7 Å². The molecule has 30 heavy (non-hydrogen) atoms. The lowest BCUT2D eigenvalue weighted by Gasteiger charge is -2.37. The van der Waals surface area contributed by atoms with Gasteiger partial charge in [-0.25, -0.2) is 9.86 Å². The molecule has 0 aliphatic carbocycles. The van der Waals surface area contributed by atoms with E-state index in [-0.39, 0.29) is 12.0 Å². The predicted octanol–water partition coefficient (Wildman–Crippen LogP) is 2.29. The Labute approximate surface area is 177 Å². The van der Waals surface area contributed by atoms with Gasteiger partial charge in [0, 0.05) is 38.9 Å². The summed E-state index contributed by atoms with van der Waals surface area (Å²) in [6.45, 7) is 9.11. The van der Waals surface area contributed by atoms with E-state index in [0.717, 1.165) is 11.3 Å². The molecule has 2 heterocycles. The molecule has 3 rings (SSSR count). The van der Waals surface area contributed by atoms with Crippen molar-refractivity contribution in [3.05, 3.63) is 23.3 Å². The second-order valence-electron chi connectivity index (χ2n) is 8.26. The number of carbonyl (C=O) groups excluding carboxylic acids is 2. The molecule has 2 aliphatic heterocycles. The average molecular weight is 421 g/mol. The number of methoxy groups -OCH3 is 1. The molecule has 166 valence electrons. The molecule has 0 saturated carbocycles. The first kappa shape index (κ1) is 22.2. The van der Waals surface area contributed by atoms with E-state index < -0.39 is 5.60 Å². The molecular weight excluding hydrogens is 390 g/mol. The van der Waals surface area contributed by atoms with Gasteiger partial charge in [0.25, 0.3) is 5.91 Å². The standard InChI is InChI=1S/C21H31N3O6/c1-21(2,3)30-20(26)23-10-8-22(9-11-23)17-7-6-15-16(14-24(28-5)19(15)25)18(17)29-13-12-27-4/h6-7H,8-14H2,1-5H3. The summed E-state index contributed by atoms with van der Waals surface area (Å²) in [6.07, 6.45) is -0.297. The maximum atomic E-state index is 12.5. The highest BCUT2D eigenvalue weighted by molar-refractivity contribution is 5.99. The number of amides is 2. The first-order valence-electron chi connectivity index (χ1n) is 10.1. The van der Waals surface area contributed by atoms with Gasteiger partial charge >= 0.3 is 6.09 Å². The first-order chi connectivity index (χ1) is 14.2. The summed E-state index contributed by atoms with van der Waals surface area (Å²) >= 11 is 0. The van der Waals surface area contributed by atoms with Crippen molar-refractivity contribution < 1.29 is 28.6 Å². The minimum atomic E-state index is -0.518. The molecule has 0 N–H and O–H groups in total. The van der Waals surface area contributed by atoms with E-state index in [1.165, 1.54) is 12.2 Å². The van der Waals surface area contributed by atoms with Crippen LogP contribution in [0.5, 0.6) is 5.75 Å². The van der Waals surface area contributed by atoms with Crippen LogP contribution in [-0.4, -0.2) is 81.2 Å². The number of nitrogens with zero attached hydrogens (tertiary/aromatic N) is 3. The van der Waals surface area contributed by atoms with Crippen molar-refractivity contribution in [2.45, 2.75) is 32.9 Å². The van der Waals surface area contributed by atoms with E-state index in [1.807, 2.05) is 32.9 Å². The third-order valence-electron chi connectivity index (χ3n) is 5.02. The number of piperazine rings is 1. The summed E-state index contributed by atoms with van der Waals surface area (Å²) in [5, 5.41) is 1.32. The van der Waals surface area contributed by atoms with Crippen molar-refractivity contribution in [3.8, 4) is 5.75 Å². The van der Waals surface area contributed by atoms with Crippen LogP contribution in [0.15, 0.2) is 12.1 Å². The van der Waals surface area contributed by atoms with Crippen LogP contribution in [0.3, 0.4) is 0 Å². The second kappa shape index (κ2) is 9.09. The third kappa shape index (κ3) is 4.79. The number of rotatable bonds is 6. The maximum absolute atomic E-state index is 12.5. The largest absolute Gasteiger partial charge is 0.489 e. The van der Waals surface area contributed by atoms with E-state index in [1.54, 1.807) is 12.0 Å². The Bertz CT molecular complexity index is 784. The zero-order valence-corrected chi connectivity index (χ0v) is 18.4. The van der Waals surface area contributed by atoms with Gasteiger partial charge in [0.05, 0.1) is 31.5 Å². The molecule has 2 amide bonds. The monoisotopic (exact) mass is 421 g/mol. The van der Waals surface area contributed by atoms with E-state index >= 15 is 0 Å². The van der Waals surface area contributed by atoms with Crippen molar-refractivity contribution in [3.63, 3.8) is 0 Å². The molecule has 9 nitrogen and oxygen atoms in total. The molecule has 0 bridgehead atoms.